The fourth-order valence-electron chi connectivity index (χ4n) is 3.16. The SMILES string of the molecule is CC(C)(Cc1ccc(C(F)(F)F)cc1)C(=O)N1CCC(C(=O)O)CC1. The first-order valence-electron chi connectivity index (χ1n) is 8.19. The molecular formula is C18H22F3NO3. The number of hydrogen-bond donors (Lipinski definition) is 1. The van der Waals surface area contributed by atoms with Crippen LogP contribution in [0.1, 0.15) is 37.8 Å². The van der Waals surface area contributed by atoms with Gasteiger partial charge in [0, 0.05) is 18.5 Å². The Hall–Kier alpha value is -2.05. The van der Waals surface area contributed by atoms with Crippen LogP contribution in [0.2, 0.25) is 0 Å². The molecule has 0 spiro atoms. The molecule has 0 atom stereocenters. The second-order valence-electron chi connectivity index (χ2n) is 7.16. The number of alkyl halides is 3. The standard InChI is InChI=1S/C18H22F3NO3/c1-17(2,11-12-3-5-14(6-4-12)18(19,20)21)16(25)22-9-7-13(8-10-22)15(23)24/h3-6,13H,7-11H2,1-2H3,(H,23,24). The molecule has 0 aromatic heterocycles. The molecule has 1 heterocycles. The maximum absolute atomic E-state index is 12.7. The van der Waals surface area contributed by atoms with E-state index < -0.39 is 29.0 Å². The van der Waals surface area contributed by atoms with Gasteiger partial charge in [0.15, 0.2) is 0 Å². The van der Waals surface area contributed by atoms with Gasteiger partial charge < -0.3 is 10.0 Å². The Kier molecular flexibility index (Phi) is 5.44. The van der Waals surface area contributed by atoms with Gasteiger partial charge in [-0.05, 0) is 37.0 Å². The highest BCUT2D eigenvalue weighted by Crippen LogP contribution is 2.31. The lowest BCUT2D eigenvalue weighted by Crippen LogP contribution is -2.46. The summed E-state index contributed by atoms with van der Waals surface area (Å²) in [6.07, 6.45) is -3.20. The van der Waals surface area contributed by atoms with Crippen molar-refractivity contribution in [3.8, 4) is 0 Å². The molecule has 0 radical (unpaired) electrons. The van der Waals surface area contributed by atoms with Gasteiger partial charge in [0.2, 0.25) is 5.91 Å². The van der Waals surface area contributed by atoms with Crippen molar-refractivity contribution in [1.82, 2.24) is 4.90 Å². The molecule has 0 saturated carbocycles. The van der Waals surface area contributed by atoms with Crippen molar-refractivity contribution in [3.05, 3.63) is 35.4 Å². The van der Waals surface area contributed by atoms with Gasteiger partial charge >= 0.3 is 12.1 Å². The fraction of sp³-hybridized carbons (Fsp3) is 0.556. The first-order chi connectivity index (χ1) is 11.5. The number of carbonyl (C=O) groups excluding carboxylic acids is 1. The highest BCUT2D eigenvalue weighted by atomic mass is 19.4. The van der Waals surface area contributed by atoms with Gasteiger partial charge in [-0.3, -0.25) is 9.59 Å². The Morgan fingerprint density at radius 2 is 1.64 bits per heavy atom. The van der Waals surface area contributed by atoms with Gasteiger partial charge in [0.05, 0.1) is 11.5 Å². The minimum Gasteiger partial charge on any atom is -0.481 e. The third kappa shape index (κ3) is 4.74. The maximum atomic E-state index is 12.7. The average Bonchev–Trinajstić information content (AvgIpc) is 2.53. The Morgan fingerprint density at radius 3 is 2.08 bits per heavy atom. The molecule has 4 nitrogen and oxygen atoms in total. The van der Waals surface area contributed by atoms with Crippen molar-refractivity contribution in [1.29, 1.82) is 0 Å². The third-order valence-corrected chi connectivity index (χ3v) is 4.64. The zero-order valence-corrected chi connectivity index (χ0v) is 14.3. The van der Waals surface area contributed by atoms with Crippen molar-refractivity contribution >= 4 is 11.9 Å². The molecule has 0 aliphatic carbocycles. The Bertz CT molecular complexity index is 630. The summed E-state index contributed by atoms with van der Waals surface area (Å²) in [5.41, 5.74) is -0.821. The van der Waals surface area contributed by atoms with Gasteiger partial charge in [-0.1, -0.05) is 26.0 Å². The van der Waals surface area contributed by atoms with Gasteiger partial charge in [0.25, 0.3) is 0 Å². The van der Waals surface area contributed by atoms with Crippen molar-refractivity contribution in [2.75, 3.05) is 13.1 Å². The second-order valence-corrected chi connectivity index (χ2v) is 7.16. The molecule has 1 amide bonds. The lowest BCUT2D eigenvalue weighted by atomic mass is 9.83. The molecular weight excluding hydrogens is 335 g/mol. The van der Waals surface area contributed by atoms with Gasteiger partial charge in [-0.15, -0.1) is 0 Å². The topological polar surface area (TPSA) is 57.6 Å². The first-order valence-corrected chi connectivity index (χ1v) is 8.19. The van der Waals surface area contributed by atoms with E-state index in [1.54, 1.807) is 18.7 Å². The molecule has 1 saturated heterocycles. The molecule has 1 aliphatic rings. The predicted octanol–water partition coefficient (Wildman–Crippen LogP) is 3.60. The summed E-state index contributed by atoms with van der Waals surface area (Å²) in [7, 11) is 0. The Morgan fingerprint density at radius 1 is 1.12 bits per heavy atom. The molecule has 0 bridgehead atoms. The zero-order chi connectivity index (χ0) is 18.8. The summed E-state index contributed by atoms with van der Waals surface area (Å²) < 4.78 is 37.8. The van der Waals surface area contributed by atoms with E-state index in [1.165, 1.54) is 12.1 Å². The van der Waals surface area contributed by atoms with Crippen molar-refractivity contribution in [2.24, 2.45) is 11.3 Å². The minimum absolute atomic E-state index is 0.101. The van der Waals surface area contributed by atoms with Crippen LogP contribution >= 0.6 is 0 Å². The summed E-state index contributed by atoms with van der Waals surface area (Å²) in [6.45, 7) is 4.31. The number of carboxylic acids is 1. The van der Waals surface area contributed by atoms with Crippen LogP contribution in [0.25, 0.3) is 0 Å². The molecule has 7 heteroatoms. The summed E-state index contributed by atoms with van der Waals surface area (Å²) in [4.78, 5) is 25.4. The average molecular weight is 357 g/mol. The van der Waals surface area contributed by atoms with E-state index in [-0.39, 0.29) is 5.91 Å². The number of halogens is 3. The largest absolute Gasteiger partial charge is 0.481 e. The van der Waals surface area contributed by atoms with E-state index in [0.717, 1.165) is 12.1 Å². The zero-order valence-electron chi connectivity index (χ0n) is 14.3. The number of rotatable bonds is 4. The number of nitrogens with zero attached hydrogens (tertiary/aromatic N) is 1. The van der Waals surface area contributed by atoms with E-state index in [2.05, 4.69) is 0 Å². The number of benzene rings is 1. The number of hydrogen-bond acceptors (Lipinski definition) is 2. The highest BCUT2D eigenvalue weighted by Gasteiger charge is 2.36. The summed E-state index contributed by atoms with van der Waals surface area (Å²) in [6, 6.07) is 4.84. The van der Waals surface area contributed by atoms with Crippen LogP contribution in [0.15, 0.2) is 24.3 Å². The van der Waals surface area contributed by atoms with Gasteiger partial charge in [-0.2, -0.15) is 13.2 Å². The highest BCUT2D eigenvalue weighted by molar-refractivity contribution is 5.82. The van der Waals surface area contributed by atoms with Gasteiger partial charge in [-0.25, -0.2) is 0 Å². The fourth-order valence-corrected chi connectivity index (χ4v) is 3.16. The van der Waals surface area contributed by atoms with Crippen LogP contribution in [0.4, 0.5) is 13.2 Å². The number of amides is 1. The molecule has 1 N–H and O–H groups in total. The lowest BCUT2D eigenvalue weighted by Gasteiger charge is -2.36. The van der Waals surface area contributed by atoms with Crippen molar-refractivity contribution in [2.45, 2.75) is 39.3 Å². The van der Waals surface area contributed by atoms with Crippen LogP contribution in [-0.2, 0) is 22.2 Å². The van der Waals surface area contributed by atoms with Crippen LogP contribution < -0.4 is 0 Å². The molecule has 1 aromatic rings. The monoisotopic (exact) mass is 357 g/mol. The molecule has 25 heavy (non-hydrogen) atoms. The number of carboxylic acid groups (broad SMARTS) is 1. The van der Waals surface area contributed by atoms with Crippen LogP contribution in [-0.4, -0.2) is 35.0 Å². The van der Waals surface area contributed by atoms with E-state index >= 15 is 0 Å². The maximum Gasteiger partial charge on any atom is 0.416 e. The van der Waals surface area contributed by atoms with E-state index in [0.29, 0.717) is 37.9 Å². The molecule has 1 aliphatic heterocycles. The number of aliphatic carboxylic acids is 1. The Balaban J connectivity index is 2.01. The van der Waals surface area contributed by atoms with Crippen molar-refractivity contribution in [3.63, 3.8) is 0 Å². The number of piperidine rings is 1. The van der Waals surface area contributed by atoms with E-state index in [1.807, 2.05) is 0 Å². The molecule has 2 rings (SSSR count). The predicted molar refractivity (Wildman–Crippen MR) is 85.9 cm³/mol. The molecule has 138 valence electrons. The first kappa shape index (κ1) is 19.3. The summed E-state index contributed by atoms with van der Waals surface area (Å²) in [5, 5.41) is 9.01. The van der Waals surface area contributed by atoms with Crippen LogP contribution in [0.3, 0.4) is 0 Å². The van der Waals surface area contributed by atoms with Crippen LogP contribution in [0, 0.1) is 11.3 Å². The lowest BCUT2D eigenvalue weighted by molar-refractivity contribution is -0.148. The second kappa shape index (κ2) is 7.06. The minimum atomic E-state index is -4.38. The Labute approximate surface area is 144 Å². The molecule has 0 unspecified atom stereocenters. The quantitative estimate of drug-likeness (QED) is 0.896. The van der Waals surface area contributed by atoms with Crippen molar-refractivity contribution < 1.29 is 27.9 Å². The smallest absolute Gasteiger partial charge is 0.416 e. The number of carbonyl (C=O) groups is 2. The normalized spacial score (nSPS) is 16.8. The summed E-state index contributed by atoms with van der Waals surface area (Å²) >= 11 is 0. The molecule has 1 aromatic carbocycles. The van der Waals surface area contributed by atoms with Gasteiger partial charge in [0.1, 0.15) is 0 Å². The van der Waals surface area contributed by atoms with Crippen LogP contribution in [0.5, 0.6) is 0 Å². The molecule has 1 fully saturated rings. The van der Waals surface area contributed by atoms with E-state index in [9.17, 15) is 22.8 Å². The number of likely N-dealkylation sites (tertiary alicyclic amines) is 1. The van der Waals surface area contributed by atoms with E-state index in [4.69, 9.17) is 5.11 Å². The third-order valence-electron chi connectivity index (χ3n) is 4.64. The summed E-state index contributed by atoms with van der Waals surface area (Å²) in [5.74, 6) is -1.35.